The van der Waals surface area contributed by atoms with Crippen LogP contribution in [-0.4, -0.2) is 25.2 Å². The number of anilines is 1. The summed E-state index contributed by atoms with van der Waals surface area (Å²) in [5, 5.41) is 31.7. The number of allylic oxidation sites excluding steroid dienone is 1. The standard InChI is InChI=1S/C27H21N3O3S/c1-32-20-13-12-17(14-21(20)33-2)23-18(15-28)27-30(19-10-6-7-11-22(19)34-27)26(29)24(23)25(31)16-8-4-3-5-9-16/h3-14,23,29,31H,1-2H3/b25-24+,29-26?. The molecular formula is C27H21N3O3S. The second-order valence-electron chi connectivity index (χ2n) is 7.76. The molecule has 168 valence electrons. The van der Waals surface area contributed by atoms with Crippen LogP contribution in [0.4, 0.5) is 5.69 Å². The average molecular weight is 468 g/mol. The summed E-state index contributed by atoms with van der Waals surface area (Å²) in [6, 6.07) is 24.7. The van der Waals surface area contributed by atoms with Gasteiger partial charge in [-0.05, 0) is 29.8 Å². The van der Waals surface area contributed by atoms with Crippen molar-refractivity contribution in [1.29, 1.82) is 10.7 Å². The van der Waals surface area contributed by atoms with Crippen molar-refractivity contribution in [3.05, 3.63) is 100 Å². The molecule has 0 fully saturated rings. The maximum Gasteiger partial charge on any atom is 0.161 e. The van der Waals surface area contributed by atoms with Crippen molar-refractivity contribution in [3.8, 4) is 17.6 Å². The number of ether oxygens (including phenoxy) is 2. The smallest absolute Gasteiger partial charge is 0.161 e. The van der Waals surface area contributed by atoms with Gasteiger partial charge in [0.05, 0.1) is 37.5 Å². The second kappa shape index (κ2) is 8.65. The molecule has 3 aromatic rings. The Morgan fingerprint density at radius 2 is 1.71 bits per heavy atom. The lowest BCUT2D eigenvalue weighted by atomic mass is 9.80. The minimum Gasteiger partial charge on any atom is -0.507 e. The molecule has 34 heavy (non-hydrogen) atoms. The molecule has 7 heteroatoms. The average Bonchev–Trinajstić information content (AvgIpc) is 3.28. The maximum atomic E-state index is 11.5. The number of benzene rings is 3. The molecule has 6 nitrogen and oxygen atoms in total. The highest BCUT2D eigenvalue weighted by Crippen LogP contribution is 2.55. The quantitative estimate of drug-likeness (QED) is 0.451. The molecule has 2 aliphatic rings. The van der Waals surface area contributed by atoms with Crippen LogP contribution in [0.3, 0.4) is 0 Å². The van der Waals surface area contributed by atoms with Crippen LogP contribution < -0.4 is 14.4 Å². The number of hydrogen-bond acceptors (Lipinski definition) is 6. The topological polar surface area (TPSA) is 89.6 Å². The van der Waals surface area contributed by atoms with E-state index < -0.39 is 5.92 Å². The third kappa shape index (κ3) is 3.31. The Morgan fingerprint density at radius 3 is 2.41 bits per heavy atom. The van der Waals surface area contributed by atoms with Gasteiger partial charge >= 0.3 is 0 Å². The van der Waals surface area contributed by atoms with E-state index in [1.807, 2.05) is 48.5 Å². The van der Waals surface area contributed by atoms with E-state index >= 15 is 0 Å². The molecule has 0 saturated heterocycles. The number of thioether (sulfide) groups is 1. The molecule has 2 heterocycles. The molecule has 0 spiro atoms. The Hall–Kier alpha value is -4.15. The van der Waals surface area contributed by atoms with Gasteiger partial charge in [-0.25, -0.2) is 0 Å². The zero-order valence-electron chi connectivity index (χ0n) is 18.6. The maximum absolute atomic E-state index is 11.5. The van der Waals surface area contributed by atoms with Crippen LogP contribution in [-0.2, 0) is 0 Å². The predicted octanol–water partition coefficient (Wildman–Crippen LogP) is 6.10. The van der Waals surface area contributed by atoms with Gasteiger partial charge in [-0.1, -0.05) is 60.3 Å². The minimum atomic E-state index is -0.662. The van der Waals surface area contributed by atoms with Crippen LogP contribution in [0.1, 0.15) is 17.0 Å². The summed E-state index contributed by atoms with van der Waals surface area (Å²) in [5.41, 5.74) is 2.94. The van der Waals surface area contributed by atoms with Gasteiger partial charge in [0, 0.05) is 16.0 Å². The normalized spacial score (nSPS) is 18.2. The monoisotopic (exact) mass is 467 g/mol. The first-order valence-corrected chi connectivity index (χ1v) is 11.4. The third-order valence-corrected chi connectivity index (χ3v) is 7.13. The predicted molar refractivity (Wildman–Crippen MR) is 133 cm³/mol. The zero-order valence-corrected chi connectivity index (χ0v) is 19.4. The van der Waals surface area contributed by atoms with Crippen molar-refractivity contribution < 1.29 is 14.6 Å². The molecule has 0 amide bonds. The van der Waals surface area contributed by atoms with E-state index in [9.17, 15) is 15.8 Å². The van der Waals surface area contributed by atoms with E-state index in [4.69, 9.17) is 9.47 Å². The summed E-state index contributed by atoms with van der Waals surface area (Å²) in [5.74, 6) is 0.507. The van der Waals surface area contributed by atoms with Gasteiger partial charge in [0.1, 0.15) is 16.6 Å². The van der Waals surface area contributed by atoms with Crippen LogP contribution in [0.15, 0.2) is 93.9 Å². The fraction of sp³-hybridized carbons (Fsp3) is 0.111. The van der Waals surface area contributed by atoms with Gasteiger partial charge in [0.2, 0.25) is 0 Å². The lowest BCUT2D eigenvalue weighted by molar-refractivity contribution is 0.354. The highest BCUT2D eigenvalue weighted by atomic mass is 32.2. The van der Waals surface area contributed by atoms with Crippen molar-refractivity contribution >= 4 is 29.0 Å². The van der Waals surface area contributed by atoms with E-state index in [-0.39, 0.29) is 11.6 Å². The highest BCUT2D eigenvalue weighted by Gasteiger charge is 2.43. The van der Waals surface area contributed by atoms with Crippen molar-refractivity contribution in [2.75, 3.05) is 19.1 Å². The molecule has 0 aliphatic carbocycles. The van der Waals surface area contributed by atoms with E-state index in [0.29, 0.717) is 33.2 Å². The molecule has 0 bridgehead atoms. The molecule has 2 N–H and O–H groups in total. The Bertz CT molecular complexity index is 1410. The number of para-hydroxylation sites is 1. The van der Waals surface area contributed by atoms with E-state index in [0.717, 1.165) is 16.1 Å². The largest absolute Gasteiger partial charge is 0.507 e. The summed E-state index contributed by atoms with van der Waals surface area (Å²) < 4.78 is 10.9. The fourth-order valence-corrected chi connectivity index (χ4v) is 5.56. The highest BCUT2D eigenvalue weighted by molar-refractivity contribution is 8.03. The Kier molecular flexibility index (Phi) is 5.52. The third-order valence-electron chi connectivity index (χ3n) is 5.97. The van der Waals surface area contributed by atoms with Crippen LogP contribution in [0.25, 0.3) is 5.76 Å². The van der Waals surface area contributed by atoms with Crippen LogP contribution in [0, 0.1) is 16.7 Å². The summed E-state index contributed by atoms with van der Waals surface area (Å²) in [7, 11) is 3.12. The van der Waals surface area contributed by atoms with Gasteiger partial charge in [-0.15, -0.1) is 0 Å². The number of aliphatic hydroxyl groups is 1. The number of methoxy groups -OCH3 is 2. The van der Waals surface area contributed by atoms with Crippen molar-refractivity contribution in [2.24, 2.45) is 0 Å². The molecular weight excluding hydrogens is 446 g/mol. The van der Waals surface area contributed by atoms with Gasteiger partial charge in [0.15, 0.2) is 11.5 Å². The lowest BCUT2D eigenvalue weighted by Gasteiger charge is -2.34. The van der Waals surface area contributed by atoms with Crippen molar-refractivity contribution in [3.63, 3.8) is 0 Å². The van der Waals surface area contributed by atoms with Gasteiger partial charge < -0.3 is 14.6 Å². The van der Waals surface area contributed by atoms with Crippen molar-refractivity contribution in [2.45, 2.75) is 10.8 Å². The number of rotatable bonds is 4. The summed E-state index contributed by atoms with van der Waals surface area (Å²) in [6.45, 7) is 0. The van der Waals surface area contributed by atoms with Crippen LogP contribution in [0.5, 0.6) is 11.5 Å². The molecule has 3 aromatic carbocycles. The minimum absolute atomic E-state index is 0.0356. The molecule has 0 saturated carbocycles. The first kappa shape index (κ1) is 21.7. The molecule has 1 atom stereocenters. The number of nitriles is 1. The Labute approximate surface area is 201 Å². The van der Waals surface area contributed by atoms with Crippen molar-refractivity contribution in [1.82, 2.24) is 0 Å². The molecule has 5 rings (SSSR count). The van der Waals surface area contributed by atoms with Gasteiger partial charge in [-0.2, -0.15) is 5.26 Å². The number of nitrogens with zero attached hydrogens (tertiary/aromatic N) is 2. The number of amidine groups is 1. The molecule has 0 radical (unpaired) electrons. The first-order chi connectivity index (χ1) is 16.6. The summed E-state index contributed by atoms with van der Waals surface area (Å²) in [4.78, 5) is 2.71. The molecule has 1 unspecified atom stereocenters. The van der Waals surface area contributed by atoms with Gasteiger partial charge in [-0.3, -0.25) is 10.3 Å². The fourth-order valence-electron chi connectivity index (χ4n) is 4.39. The number of hydrogen-bond donors (Lipinski definition) is 2. The molecule has 2 aliphatic heterocycles. The number of aliphatic hydroxyl groups excluding tert-OH is 1. The zero-order chi connectivity index (χ0) is 23.8. The van der Waals surface area contributed by atoms with Crippen LogP contribution in [0.2, 0.25) is 0 Å². The Morgan fingerprint density at radius 1 is 1.00 bits per heavy atom. The van der Waals surface area contributed by atoms with Gasteiger partial charge in [0.25, 0.3) is 0 Å². The van der Waals surface area contributed by atoms with E-state index in [1.165, 1.54) is 11.8 Å². The molecule has 0 aromatic heterocycles. The summed E-state index contributed by atoms with van der Waals surface area (Å²) in [6.07, 6.45) is 0. The first-order valence-electron chi connectivity index (χ1n) is 10.6. The second-order valence-corrected chi connectivity index (χ2v) is 8.79. The lowest BCUT2D eigenvalue weighted by Crippen LogP contribution is -2.36. The number of fused-ring (bicyclic) bond motifs is 3. The Balaban J connectivity index is 1.81. The van der Waals surface area contributed by atoms with E-state index in [1.54, 1.807) is 43.4 Å². The number of nitrogens with one attached hydrogen (secondary N) is 1. The van der Waals surface area contributed by atoms with Crippen LogP contribution >= 0.6 is 11.8 Å². The van der Waals surface area contributed by atoms with E-state index in [2.05, 4.69) is 6.07 Å². The summed E-state index contributed by atoms with van der Waals surface area (Å²) >= 11 is 1.46. The SMILES string of the molecule is COc1ccc(C2C(C#N)=C3Sc4ccccc4N3C(=N)/C2=C(/O)c2ccccc2)cc1OC.